The average Bonchev–Trinajstić information content (AvgIpc) is 2.36. The average molecular weight is 188 g/mol. The first kappa shape index (κ1) is 9.62. The summed E-state index contributed by atoms with van der Waals surface area (Å²) in [5, 5.41) is 3.78. The van der Waals surface area contributed by atoms with E-state index in [0.29, 0.717) is 11.1 Å². The lowest BCUT2D eigenvalue weighted by atomic mass is 10.2. The Kier molecular flexibility index (Phi) is 3.63. The number of nitrogens with one attached hydrogen (secondary N) is 1. The van der Waals surface area contributed by atoms with Crippen LogP contribution in [0.2, 0.25) is 5.22 Å². The van der Waals surface area contributed by atoms with E-state index in [9.17, 15) is 0 Å². The summed E-state index contributed by atoms with van der Waals surface area (Å²) in [6.45, 7) is 6.13. The molecule has 0 unspecified atom stereocenters. The van der Waals surface area contributed by atoms with Crippen LogP contribution in [0.15, 0.2) is 16.7 Å². The molecule has 2 nitrogen and oxygen atoms in total. The molecular weight excluding hydrogens is 174 g/mol. The molecule has 0 aliphatic heterocycles. The highest BCUT2D eigenvalue weighted by Gasteiger charge is 2.02. The number of furan rings is 1. The Morgan fingerprint density at radius 2 is 2.33 bits per heavy atom. The molecule has 0 spiro atoms. The van der Waals surface area contributed by atoms with Gasteiger partial charge in [0.1, 0.15) is 0 Å². The lowest BCUT2D eigenvalue weighted by Crippen LogP contribution is -2.18. The summed E-state index contributed by atoms with van der Waals surface area (Å²) < 4.78 is 4.95. The fourth-order valence-electron chi connectivity index (χ4n) is 0.941. The van der Waals surface area contributed by atoms with Crippen LogP contribution in [0.5, 0.6) is 0 Å². The van der Waals surface area contributed by atoms with E-state index in [1.54, 1.807) is 6.26 Å². The van der Waals surface area contributed by atoms with Crippen molar-refractivity contribution in [2.75, 3.05) is 6.54 Å². The van der Waals surface area contributed by atoms with E-state index in [0.717, 1.165) is 18.7 Å². The van der Waals surface area contributed by atoms with Crippen LogP contribution in [-0.2, 0) is 6.54 Å². The third kappa shape index (κ3) is 2.88. The second-order valence-corrected chi connectivity index (χ2v) is 3.59. The molecular formula is C9H14ClNO. The third-order valence-corrected chi connectivity index (χ3v) is 1.89. The van der Waals surface area contributed by atoms with Crippen LogP contribution in [0.25, 0.3) is 0 Å². The molecule has 0 radical (unpaired) electrons. The predicted octanol–water partition coefficient (Wildman–Crippen LogP) is 2.68. The molecule has 3 heteroatoms. The van der Waals surface area contributed by atoms with E-state index in [1.807, 2.05) is 6.07 Å². The zero-order chi connectivity index (χ0) is 8.97. The second kappa shape index (κ2) is 4.53. The van der Waals surface area contributed by atoms with E-state index < -0.39 is 0 Å². The van der Waals surface area contributed by atoms with Crippen molar-refractivity contribution in [3.05, 3.63) is 23.1 Å². The van der Waals surface area contributed by atoms with Gasteiger partial charge in [-0.15, -0.1) is 0 Å². The second-order valence-electron chi connectivity index (χ2n) is 3.24. The fraction of sp³-hybridized carbons (Fsp3) is 0.556. The van der Waals surface area contributed by atoms with Gasteiger partial charge in [0.25, 0.3) is 0 Å². The molecule has 0 saturated carbocycles. The largest absolute Gasteiger partial charge is 0.453 e. The minimum absolute atomic E-state index is 0.492. The normalized spacial score (nSPS) is 11.0. The lowest BCUT2D eigenvalue weighted by Gasteiger charge is -2.05. The van der Waals surface area contributed by atoms with Crippen LogP contribution in [0.3, 0.4) is 0 Å². The maximum absolute atomic E-state index is 5.75. The maximum Gasteiger partial charge on any atom is 0.197 e. The molecule has 0 atom stereocenters. The van der Waals surface area contributed by atoms with Crippen LogP contribution in [0, 0.1) is 5.92 Å². The highest BCUT2D eigenvalue weighted by atomic mass is 35.5. The summed E-state index contributed by atoms with van der Waals surface area (Å²) in [6, 6.07) is 1.88. The lowest BCUT2D eigenvalue weighted by molar-refractivity contribution is 0.540. The molecule has 1 aromatic heterocycles. The molecule has 0 bridgehead atoms. The van der Waals surface area contributed by atoms with Crippen molar-refractivity contribution in [1.82, 2.24) is 5.32 Å². The van der Waals surface area contributed by atoms with Crippen LogP contribution in [0.1, 0.15) is 19.4 Å². The highest BCUT2D eigenvalue weighted by molar-refractivity contribution is 6.29. The number of hydrogen-bond donors (Lipinski definition) is 1. The smallest absolute Gasteiger partial charge is 0.197 e. The molecule has 0 amide bonds. The van der Waals surface area contributed by atoms with Crippen LogP contribution in [-0.4, -0.2) is 6.54 Å². The van der Waals surface area contributed by atoms with E-state index in [1.165, 1.54) is 0 Å². The fourth-order valence-corrected chi connectivity index (χ4v) is 1.12. The zero-order valence-electron chi connectivity index (χ0n) is 7.43. The minimum Gasteiger partial charge on any atom is -0.453 e. The van der Waals surface area contributed by atoms with Gasteiger partial charge in [-0.25, -0.2) is 0 Å². The van der Waals surface area contributed by atoms with Gasteiger partial charge in [0.15, 0.2) is 5.22 Å². The van der Waals surface area contributed by atoms with Crippen molar-refractivity contribution in [3.63, 3.8) is 0 Å². The van der Waals surface area contributed by atoms with Crippen molar-refractivity contribution in [2.24, 2.45) is 5.92 Å². The molecule has 0 aliphatic rings. The van der Waals surface area contributed by atoms with Gasteiger partial charge in [0.05, 0.1) is 6.26 Å². The Labute approximate surface area is 77.9 Å². The van der Waals surface area contributed by atoms with Crippen LogP contribution < -0.4 is 5.32 Å². The van der Waals surface area contributed by atoms with Crippen molar-refractivity contribution in [3.8, 4) is 0 Å². The Balaban J connectivity index is 2.29. The first-order valence-electron chi connectivity index (χ1n) is 4.12. The Hall–Kier alpha value is -0.470. The molecule has 12 heavy (non-hydrogen) atoms. The quantitative estimate of drug-likeness (QED) is 0.784. The monoisotopic (exact) mass is 187 g/mol. The van der Waals surface area contributed by atoms with Gasteiger partial charge in [-0.05, 0) is 30.1 Å². The van der Waals surface area contributed by atoms with Gasteiger partial charge in [-0.2, -0.15) is 0 Å². The summed E-state index contributed by atoms with van der Waals surface area (Å²) >= 11 is 5.75. The predicted molar refractivity (Wildman–Crippen MR) is 50.3 cm³/mol. The Bertz CT molecular complexity index is 232. The number of hydrogen-bond acceptors (Lipinski definition) is 2. The first-order valence-corrected chi connectivity index (χ1v) is 4.50. The van der Waals surface area contributed by atoms with Crippen molar-refractivity contribution in [1.29, 1.82) is 0 Å². The molecule has 68 valence electrons. The highest BCUT2D eigenvalue weighted by Crippen LogP contribution is 2.15. The number of rotatable bonds is 4. The van der Waals surface area contributed by atoms with Gasteiger partial charge in [0.2, 0.25) is 0 Å². The molecule has 1 aromatic rings. The topological polar surface area (TPSA) is 25.2 Å². The van der Waals surface area contributed by atoms with Crippen molar-refractivity contribution in [2.45, 2.75) is 20.4 Å². The van der Waals surface area contributed by atoms with Gasteiger partial charge in [-0.3, -0.25) is 0 Å². The van der Waals surface area contributed by atoms with E-state index in [4.69, 9.17) is 16.0 Å². The van der Waals surface area contributed by atoms with Gasteiger partial charge in [0, 0.05) is 12.1 Å². The first-order chi connectivity index (χ1) is 5.70. The van der Waals surface area contributed by atoms with E-state index in [-0.39, 0.29) is 0 Å². The maximum atomic E-state index is 5.75. The molecule has 1 heterocycles. The molecule has 1 rings (SSSR count). The molecule has 0 aliphatic carbocycles. The zero-order valence-corrected chi connectivity index (χ0v) is 8.19. The van der Waals surface area contributed by atoms with Gasteiger partial charge < -0.3 is 9.73 Å². The Morgan fingerprint density at radius 1 is 1.58 bits per heavy atom. The Morgan fingerprint density at radius 3 is 2.83 bits per heavy atom. The molecule has 0 saturated heterocycles. The summed E-state index contributed by atoms with van der Waals surface area (Å²) in [4.78, 5) is 0. The van der Waals surface area contributed by atoms with Crippen LogP contribution >= 0.6 is 11.6 Å². The number of halogens is 1. The molecule has 0 aromatic carbocycles. The van der Waals surface area contributed by atoms with Crippen molar-refractivity contribution < 1.29 is 4.42 Å². The summed E-state index contributed by atoms with van der Waals surface area (Å²) in [7, 11) is 0. The standard InChI is InChI=1S/C9H14ClNO/c1-7(2)5-11-6-8-3-4-12-9(8)10/h3-4,7,11H,5-6H2,1-2H3. The van der Waals surface area contributed by atoms with E-state index >= 15 is 0 Å². The van der Waals surface area contributed by atoms with E-state index in [2.05, 4.69) is 19.2 Å². The molecule has 0 fully saturated rings. The third-order valence-electron chi connectivity index (χ3n) is 1.56. The van der Waals surface area contributed by atoms with Crippen LogP contribution in [0.4, 0.5) is 0 Å². The van der Waals surface area contributed by atoms with Gasteiger partial charge in [-0.1, -0.05) is 13.8 Å². The van der Waals surface area contributed by atoms with Crippen molar-refractivity contribution >= 4 is 11.6 Å². The van der Waals surface area contributed by atoms with Gasteiger partial charge >= 0.3 is 0 Å². The molecule has 1 N–H and O–H groups in total. The minimum atomic E-state index is 0.492. The summed E-state index contributed by atoms with van der Waals surface area (Å²) in [5.41, 5.74) is 1.03. The summed E-state index contributed by atoms with van der Waals surface area (Å²) in [6.07, 6.45) is 1.61. The summed E-state index contributed by atoms with van der Waals surface area (Å²) in [5.74, 6) is 0.663. The SMILES string of the molecule is CC(C)CNCc1ccoc1Cl.